The van der Waals surface area contributed by atoms with Crippen LogP contribution in [0.4, 0.5) is 4.79 Å². The minimum atomic E-state index is -0.598. The number of hydrogen-bond acceptors (Lipinski definition) is 6. The summed E-state index contributed by atoms with van der Waals surface area (Å²) >= 11 is 0. The summed E-state index contributed by atoms with van der Waals surface area (Å²) in [6.45, 7) is 7.85. The molecule has 1 saturated heterocycles. The fourth-order valence-electron chi connectivity index (χ4n) is 6.51. The molecule has 242 valence electrons. The predicted octanol–water partition coefficient (Wildman–Crippen LogP) is 6.39. The molecule has 1 aliphatic heterocycles. The van der Waals surface area contributed by atoms with Gasteiger partial charge in [-0.2, -0.15) is 0 Å². The van der Waals surface area contributed by atoms with Crippen LogP contribution in [0.1, 0.15) is 75.0 Å². The zero-order valence-corrected chi connectivity index (χ0v) is 27.2. The molecular formula is C36H48N4O5. The average molecular weight is 617 g/mol. The lowest BCUT2D eigenvalue weighted by molar-refractivity contribution is -0.0126. The number of imidazole rings is 1. The third-order valence-electron chi connectivity index (χ3n) is 8.65. The molecule has 9 nitrogen and oxygen atoms in total. The summed E-state index contributed by atoms with van der Waals surface area (Å²) in [4.78, 5) is 36.2. The first-order chi connectivity index (χ1) is 21.7. The summed E-state index contributed by atoms with van der Waals surface area (Å²) in [6, 6.07) is 20.0. The quantitative estimate of drug-likeness (QED) is 0.205. The lowest BCUT2D eigenvalue weighted by Gasteiger charge is -2.41. The fraction of sp³-hybridized carbons (Fsp3) is 0.528. The van der Waals surface area contributed by atoms with Crippen molar-refractivity contribution in [3.63, 3.8) is 0 Å². The summed E-state index contributed by atoms with van der Waals surface area (Å²) in [5.41, 5.74) is 2.71. The molecule has 0 unspecified atom stereocenters. The molecule has 3 aromatic rings. The van der Waals surface area contributed by atoms with Gasteiger partial charge in [-0.25, -0.2) is 9.78 Å². The molecule has 2 fully saturated rings. The van der Waals surface area contributed by atoms with Gasteiger partial charge in [0.2, 0.25) is 0 Å². The average Bonchev–Trinajstić information content (AvgIpc) is 3.33. The molecule has 2 aliphatic rings. The van der Waals surface area contributed by atoms with Gasteiger partial charge in [-0.1, -0.05) is 79.9 Å². The molecule has 5 rings (SSSR count). The third-order valence-corrected chi connectivity index (χ3v) is 8.65. The molecule has 3 atom stereocenters. The van der Waals surface area contributed by atoms with Crippen LogP contribution < -0.4 is 0 Å². The Morgan fingerprint density at radius 2 is 1.62 bits per heavy atom. The Bertz CT molecular complexity index is 1390. The second-order valence-electron chi connectivity index (χ2n) is 13.1. The van der Waals surface area contributed by atoms with E-state index < -0.39 is 5.60 Å². The van der Waals surface area contributed by atoms with Crippen LogP contribution in [-0.2, 0) is 20.6 Å². The highest BCUT2D eigenvalue weighted by Gasteiger charge is 2.38. The first-order valence-electron chi connectivity index (χ1n) is 16.3. The Hall–Kier alpha value is -3.69. The molecule has 0 N–H and O–H groups in total. The highest BCUT2D eigenvalue weighted by molar-refractivity contribution is 5.98. The molecule has 1 saturated carbocycles. The van der Waals surface area contributed by atoms with Crippen LogP contribution >= 0.6 is 0 Å². The number of amides is 2. The minimum absolute atomic E-state index is 0.00506. The summed E-state index contributed by atoms with van der Waals surface area (Å²) in [7, 11) is 1.69. The molecule has 1 aliphatic carbocycles. The van der Waals surface area contributed by atoms with Crippen molar-refractivity contribution in [3.05, 3.63) is 78.2 Å². The fourth-order valence-corrected chi connectivity index (χ4v) is 6.51. The van der Waals surface area contributed by atoms with Crippen LogP contribution in [0.3, 0.4) is 0 Å². The van der Waals surface area contributed by atoms with E-state index in [4.69, 9.17) is 19.2 Å². The first kappa shape index (κ1) is 32.7. The number of methoxy groups -OCH3 is 1. The molecule has 1 aromatic heterocycles. The van der Waals surface area contributed by atoms with Crippen molar-refractivity contribution in [1.82, 2.24) is 19.4 Å². The number of ether oxygens (including phenoxy) is 3. The van der Waals surface area contributed by atoms with E-state index in [-0.39, 0.29) is 30.2 Å². The Kier molecular flexibility index (Phi) is 10.9. The number of aromatic nitrogens is 2. The Morgan fingerprint density at radius 1 is 0.911 bits per heavy atom. The van der Waals surface area contributed by atoms with Gasteiger partial charge in [-0.05, 0) is 45.6 Å². The number of piperazine rings is 1. The minimum Gasteiger partial charge on any atom is -0.444 e. The van der Waals surface area contributed by atoms with Gasteiger partial charge >= 0.3 is 6.09 Å². The van der Waals surface area contributed by atoms with E-state index >= 15 is 0 Å². The van der Waals surface area contributed by atoms with Crippen LogP contribution in [0.25, 0.3) is 11.3 Å². The monoisotopic (exact) mass is 616 g/mol. The van der Waals surface area contributed by atoms with Crippen molar-refractivity contribution < 1.29 is 23.8 Å². The number of carbonyl (C=O) groups is 2. The summed E-state index contributed by atoms with van der Waals surface area (Å²) in [5.74, 6) is -0.122. The summed E-state index contributed by atoms with van der Waals surface area (Å²) in [6.07, 6.45) is 7.37. The summed E-state index contributed by atoms with van der Waals surface area (Å²) in [5, 5.41) is 0. The maximum absolute atomic E-state index is 14.6. The predicted molar refractivity (Wildman–Crippen MR) is 174 cm³/mol. The van der Waals surface area contributed by atoms with E-state index in [9.17, 15) is 9.59 Å². The SMILES string of the molecule is COCCO[C@@H]1CCCCC[C@H]1n1cnc(C(=O)N2CCN(C(=O)OC(C)(C)C)C[C@H]2Cc2ccccc2)c1-c1ccccc1. The van der Waals surface area contributed by atoms with Gasteiger partial charge in [-0.3, -0.25) is 4.79 Å². The standard InChI is InChI=1S/C36H48N4O5/c1-36(2,3)45-35(42)38-20-21-39(29(25-38)24-27-14-8-5-9-15-27)34(41)32-33(28-16-10-6-11-17-28)40(26-37-32)30-18-12-7-13-19-31(30)44-23-22-43-4/h5-6,8-11,14-17,26,29-31H,7,12-13,18-25H2,1-4H3/t29-,30-,31-/m1/s1. The van der Waals surface area contributed by atoms with Crippen LogP contribution in [0.15, 0.2) is 67.0 Å². The molecule has 9 heteroatoms. The van der Waals surface area contributed by atoms with Gasteiger partial charge in [0.1, 0.15) is 5.60 Å². The van der Waals surface area contributed by atoms with Crippen molar-refractivity contribution in [1.29, 1.82) is 0 Å². The number of carbonyl (C=O) groups excluding carboxylic acids is 2. The van der Waals surface area contributed by atoms with Gasteiger partial charge in [0, 0.05) is 32.3 Å². The van der Waals surface area contributed by atoms with Crippen molar-refractivity contribution in [3.8, 4) is 11.3 Å². The maximum Gasteiger partial charge on any atom is 0.410 e. The Balaban J connectivity index is 1.49. The molecule has 2 amide bonds. The lowest BCUT2D eigenvalue weighted by Crippen LogP contribution is -2.58. The zero-order chi connectivity index (χ0) is 31.8. The normalized spacial score (nSPS) is 20.9. The van der Waals surface area contributed by atoms with Gasteiger partial charge < -0.3 is 28.6 Å². The number of benzene rings is 2. The highest BCUT2D eigenvalue weighted by Crippen LogP contribution is 2.36. The van der Waals surface area contributed by atoms with Crippen molar-refractivity contribution in [2.45, 2.75) is 83.1 Å². The largest absolute Gasteiger partial charge is 0.444 e. The van der Waals surface area contributed by atoms with Crippen LogP contribution in [0.5, 0.6) is 0 Å². The van der Waals surface area contributed by atoms with Crippen molar-refractivity contribution >= 4 is 12.0 Å². The molecule has 45 heavy (non-hydrogen) atoms. The zero-order valence-electron chi connectivity index (χ0n) is 27.2. The van der Waals surface area contributed by atoms with Crippen LogP contribution in [0, 0.1) is 0 Å². The topological polar surface area (TPSA) is 86.1 Å². The highest BCUT2D eigenvalue weighted by atomic mass is 16.6. The maximum atomic E-state index is 14.6. The van der Waals surface area contributed by atoms with Gasteiger partial charge in [-0.15, -0.1) is 0 Å². The summed E-state index contributed by atoms with van der Waals surface area (Å²) < 4.78 is 19.5. The molecule has 0 bridgehead atoms. The molecule has 0 radical (unpaired) electrons. The van der Waals surface area contributed by atoms with Gasteiger partial charge in [0.05, 0.1) is 43.4 Å². The third kappa shape index (κ3) is 8.32. The molecule has 2 aromatic carbocycles. The molecule has 2 heterocycles. The van der Waals surface area contributed by atoms with E-state index in [0.717, 1.165) is 48.9 Å². The number of hydrogen-bond donors (Lipinski definition) is 0. The molecule has 0 spiro atoms. The number of nitrogens with zero attached hydrogens (tertiary/aromatic N) is 4. The number of rotatable bonds is 9. The second kappa shape index (κ2) is 15.1. The van der Waals surface area contributed by atoms with E-state index in [1.54, 1.807) is 12.0 Å². The first-order valence-corrected chi connectivity index (χ1v) is 16.3. The van der Waals surface area contributed by atoms with Crippen LogP contribution in [0.2, 0.25) is 0 Å². The second-order valence-corrected chi connectivity index (χ2v) is 13.1. The smallest absolute Gasteiger partial charge is 0.410 e. The van der Waals surface area contributed by atoms with E-state index in [1.807, 2.05) is 80.5 Å². The van der Waals surface area contributed by atoms with Gasteiger partial charge in [0.15, 0.2) is 5.69 Å². The van der Waals surface area contributed by atoms with E-state index in [0.29, 0.717) is 45.0 Å². The van der Waals surface area contributed by atoms with Crippen molar-refractivity contribution in [2.24, 2.45) is 0 Å². The molecular weight excluding hydrogens is 568 g/mol. The van der Waals surface area contributed by atoms with E-state index in [2.05, 4.69) is 16.7 Å². The lowest BCUT2D eigenvalue weighted by atomic mass is 10.00. The van der Waals surface area contributed by atoms with E-state index in [1.165, 1.54) is 0 Å². The Labute approximate surface area is 267 Å². The van der Waals surface area contributed by atoms with Crippen molar-refractivity contribution in [2.75, 3.05) is 40.0 Å². The van der Waals surface area contributed by atoms with Gasteiger partial charge in [0.25, 0.3) is 5.91 Å². The Morgan fingerprint density at radius 3 is 2.33 bits per heavy atom. The van der Waals surface area contributed by atoms with Crippen LogP contribution in [-0.4, -0.2) is 89.1 Å².